The Kier molecular flexibility index (Phi) is 6.86. The molecule has 0 fully saturated rings. The molecule has 114 valence electrons. The van der Waals surface area contributed by atoms with Gasteiger partial charge in [0, 0.05) is 18.0 Å². The summed E-state index contributed by atoms with van der Waals surface area (Å²) in [4.78, 5) is 0. The van der Waals surface area contributed by atoms with Crippen molar-refractivity contribution in [1.82, 2.24) is 5.32 Å². The van der Waals surface area contributed by atoms with Crippen molar-refractivity contribution in [2.24, 2.45) is 5.41 Å². The van der Waals surface area contributed by atoms with Crippen molar-refractivity contribution in [3.8, 4) is 11.5 Å². The van der Waals surface area contributed by atoms with Gasteiger partial charge in [-0.3, -0.25) is 0 Å². The molecule has 1 aromatic carbocycles. The third kappa shape index (κ3) is 6.29. The molecule has 3 heteroatoms. The molecule has 0 aliphatic carbocycles. The first-order chi connectivity index (χ1) is 9.44. The lowest BCUT2D eigenvalue weighted by Gasteiger charge is -2.26. The lowest BCUT2D eigenvalue weighted by atomic mass is 9.94. The van der Waals surface area contributed by atoms with Crippen molar-refractivity contribution >= 4 is 0 Å². The van der Waals surface area contributed by atoms with Crippen molar-refractivity contribution in [2.75, 3.05) is 19.8 Å². The second-order valence-corrected chi connectivity index (χ2v) is 6.28. The van der Waals surface area contributed by atoms with E-state index in [1.54, 1.807) is 0 Å². The largest absolute Gasteiger partial charge is 0.490 e. The molecule has 0 aromatic heterocycles. The molecule has 0 aliphatic heterocycles. The highest BCUT2D eigenvalue weighted by Crippen LogP contribution is 2.28. The molecule has 3 nitrogen and oxygen atoms in total. The van der Waals surface area contributed by atoms with Gasteiger partial charge in [-0.15, -0.1) is 0 Å². The molecule has 0 heterocycles. The molecule has 0 saturated carbocycles. The van der Waals surface area contributed by atoms with Gasteiger partial charge in [-0.1, -0.05) is 46.8 Å². The SMILES string of the molecule is CCCOc1ccccc1OCC(C)(C)CNC(C)C. The van der Waals surface area contributed by atoms with Crippen LogP contribution in [0.5, 0.6) is 11.5 Å². The number of ether oxygens (including phenoxy) is 2. The topological polar surface area (TPSA) is 30.5 Å². The van der Waals surface area contributed by atoms with Gasteiger partial charge in [0.05, 0.1) is 13.2 Å². The van der Waals surface area contributed by atoms with Gasteiger partial charge in [0.2, 0.25) is 0 Å². The maximum atomic E-state index is 5.97. The molecular weight excluding hydrogens is 250 g/mol. The first-order valence-corrected chi connectivity index (χ1v) is 7.52. The van der Waals surface area contributed by atoms with Crippen LogP contribution in [0.15, 0.2) is 24.3 Å². The third-order valence-electron chi connectivity index (χ3n) is 2.92. The number of hydrogen-bond acceptors (Lipinski definition) is 3. The van der Waals surface area contributed by atoms with Crippen LogP contribution in [0, 0.1) is 5.41 Å². The maximum absolute atomic E-state index is 5.97. The van der Waals surface area contributed by atoms with Gasteiger partial charge in [0.1, 0.15) is 0 Å². The van der Waals surface area contributed by atoms with Crippen LogP contribution in [-0.4, -0.2) is 25.8 Å². The average Bonchev–Trinajstić information content (AvgIpc) is 2.42. The van der Waals surface area contributed by atoms with Crippen molar-refractivity contribution in [3.63, 3.8) is 0 Å². The van der Waals surface area contributed by atoms with Gasteiger partial charge in [-0.2, -0.15) is 0 Å². The first kappa shape index (κ1) is 16.8. The fourth-order valence-electron chi connectivity index (χ4n) is 1.71. The maximum Gasteiger partial charge on any atom is 0.161 e. The smallest absolute Gasteiger partial charge is 0.161 e. The van der Waals surface area contributed by atoms with E-state index in [1.807, 2.05) is 24.3 Å². The summed E-state index contributed by atoms with van der Waals surface area (Å²) in [6, 6.07) is 8.38. The number of para-hydroxylation sites is 2. The summed E-state index contributed by atoms with van der Waals surface area (Å²) in [5, 5.41) is 3.46. The fourth-order valence-corrected chi connectivity index (χ4v) is 1.71. The summed E-state index contributed by atoms with van der Waals surface area (Å²) in [5.74, 6) is 1.67. The van der Waals surface area contributed by atoms with E-state index < -0.39 is 0 Å². The summed E-state index contributed by atoms with van der Waals surface area (Å²) in [6.07, 6.45) is 0.998. The predicted octanol–water partition coefficient (Wildman–Crippen LogP) is 3.88. The highest BCUT2D eigenvalue weighted by Gasteiger charge is 2.20. The Bertz CT molecular complexity index is 388. The molecule has 0 unspecified atom stereocenters. The van der Waals surface area contributed by atoms with Crippen LogP contribution in [0.1, 0.15) is 41.0 Å². The van der Waals surface area contributed by atoms with Crippen molar-refractivity contribution < 1.29 is 9.47 Å². The van der Waals surface area contributed by atoms with Crippen LogP contribution in [0.25, 0.3) is 0 Å². The van der Waals surface area contributed by atoms with E-state index in [9.17, 15) is 0 Å². The molecule has 0 saturated heterocycles. The summed E-state index contributed by atoms with van der Waals surface area (Å²) in [5.41, 5.74) is 0.0855. The molecule has 1 aromatic rings. The van der Waals surface area contributed by atoms with E-state index >= 15 is 0 Å². The number of rotatable bonds is 9. The third-order valence-corrected chi connectivity index (χ3v) is 2.92. The van der Waals surface area contributed by atoms with Crippen LogP contribution < -0.4 is 14.8 Å². The quantitative estimate of drug-likeness (QED) is 0.744. The highest BCUT2D eigenvalue weighted by atomic mass is 16.5. The minimum absolute atomic E-state index is 0.0855. The van der Waals surface area contributed by atoms with E-state index in [4.69, 9.17) is 9.47 Å². The van der Waals surface area contributed by atoms with E-state index in [0.717, 1.165) is 31.1 Å². The Labute approximate surface area is 123 Å². The van der Waals surface area contributed by atoms with Gasteiger partial charge in [-0.25, -0.2) is 0 Å². The summed E-state index contributed by atoms with van der Waals surface area (Å²) in [6.45, 7) is 13.1. The van der Waals surface area contributed by atoms with E-state index in [-0.39, 0.29) is 5.41 Å². The Morgan fingerprint density at radius 2 is 1.70 bits per heavy atom. The molecule has 0 spiro atoms. The van der Waals surface area contributed by atoms with E-state index in [0.29, 0.717) is 12.6 Å². The zero-order valence-electron chi connectivity index (χ0n) is 13.5. The zero-order chi connectivity index (χ0) is 15.0. The fraction of sp³-hybridized carbons (Fsp3) is 0.647. The van der Waals surface area contributed by atoms with Gasteiger partial charge < -0.3 is 14.8 Å². The number of nitrogens with one attached hydrogen (secondary N) is 1. The minimum atomic E-state index is 0.0855. The van der Waals surface area contributed by atoms with Gasteiger partial charge in [0.25, 0.3) is 0 Å². The first-order valence-electron chi connectivity index (χ1n) is 7.52. The average molecular weight is 279 g/mol. The lowest BCUT2D eigenvalue weighted by molar-refractivity contribution is 0.166. The van der Waals surface area contributed by atoms with Gasteiger partial charge in [-0.05, 0) is 18.6 Å². The van der Waals surface area contributed by atoms with Crippen LogP contribution in [-0.2, 0) is 0 Å². The Morgan fingerprint density at radius 3 is 2.25 bits per heavy atom. The van der Waals surface area contributed by atoms with Crippen molar-refractivity contribution in [1.29, 1.82) is 0 Å². The van der Waals surface area contributed by atoms with Gasteiger partial charge >= 0.3 is 0 Å². The lowest BCUT2D eigenvalue weighted by Crippen LogP contribution is -2.37. The highest BCUT2D eigenvalue weighted by molar-refractivity contribution is 5.39. The van der Waals surface area contributed by atoms with Crippen LogP contribution in [0.2, 0.25) is 0 Å². The molecule has 20 heavy (non-hydrogen) atoms. The molecule has 0 aliphatic rings. The van der Waals surface area contributed by atoms with Crippen molar-refractivity contribution in [2.45, 2.75) is 47.1 Å². The predicted molar refractivity (Wildman–Crippen MR) is 84.6 cm³/mol. The molecule has 1 rings (SSSR count). The standard InChI is InChI=1S/C17H29NO2/c1-6-11-19-15-9-7-8-10-16(15)20-13-17(4,5)12-18-14(2)3/h7-10,14,18H,6,11-13H2,1-5H3. The minimum Gasteiger partial charge on any atom is -0.490 e. The molecule has 0 bridgehead atoms. The Hall–Kier alpha value is -1.22. The van der Waals surface area contributed by atoms with E-state index in [1.165, 1.54) is 0 Å². The zero-order valence-corrected chi connectivity index (χ0v) is 13.5. The Balaban J connectivity index is 2.55. The monoisotopic (exact) mass is 279 g/mol. The summed E-state index contributed by atoms with van der Waals surface area (Å²) >= 11 is 0. The van der Waals surface area contributed by atoms with E-state index in [2.05, 4.69) is 39.9 Å². The van der Waals surface area contributed by atoms with Gasteiger partial charge in [0.15, 0.2) is 11.5 Å². The molecule has 0 radical (unpaired) electrons. The molecular formula is C17H29NO2. The second kappa shape index (κ2) is 8.15. The number of hydrogen-bond donors (Lipinski definition) is 1. The summed E-state index contributed by atoms with van der Waals surface area (Å²) < 4.78 is 11.7. The van der Waals surface area contributed by atoms with Crippen LogP contribution in [0.4, 0.5) is 0 Å². The van der Waals surface area contributed by atoms with Crippen LogP contribution >= 0.6 is 0 Å². The molecule has 0 atom stereocenters. The normalized spacial score (nSPS) is 11.7. The van der Waals surface area contributed by atoms with Crippen molar-refractivity contribution in [3.05, 3.63) is 24.3 Å². The Morgan fingerprint density at radius 1 is 1.10 bits per heavy atom. The second-order valence-electron chi connectivity index (χ2n) is 6.28. The summed E-state index contributed by atoms with van der Waals surface area (Å²) in [7, 11) is 0. The molecule has 0 amide bonds. The molecule has 1 N–H and O–H groups in total. The number of benzene rings is 1. The van der Waals surface area contributed by atoms with Crippen LogP contribution in [0.3, 0.4) is 0 Å².